The maximum Gasteiger partial charge on any atom is 0.251 e. The molecule has 1 fully saturated rings. The molecule has 0 bridgehead atoms. The van der Waals surface area contributed by atoms with E-state index >= 15 is 0 Å². The molecule has 1 aromatic heterocycles. The van der Waals surface area contributed by atoms with Crippen molar-refractivity contribution in [1.29, 1.82) is 0 Å². The molecule has 0 saturated carbocycles. The summed E-state index contributed by atoms with van der Waals surface area (Å²) in [6.45, 7) is 1.15. The Morgan fingerprint density at radius 1 is 1.24 bits per heavy atom. The van der Waals surface area contributed by atoms with Gasteiger partial charge in [-0.25, -0.2) is 4.39 Å². The molecule has 1 aromatic carbocycles. The molecule has 1 amide bonds. The molecule has 2 heterocycles. The second-order valence-corrected chi connectivity index (χ2v) is 5.92. The van der Waals surface area contributed by atoms with Gasteiger partial charge in [-0.3, -0.25) is 9.78 Å². The van der Waals surface area contributed by atoms with Crippen LogP contribution in [-0.4, -0.2) is 47.4 Å². The van der Waals surface area contributed by atoms with Gasteiger partial charge in [0, 0.05) is 31.0 Å². The van der Waals surface area contributed by atoms with Crippen LogP contribution in [0.3, 0.4) is 0 Å². The van der Waals surface area contributed by atoms with Crippen LogP contribution in [0.2, 0.25) is 0 Å². The molecule has 3 unspecified atom stereocenters. The van der Waals surface area contributed by atoms with Crippen LogP contribution in [-0.2, 0) is 11.3 Å². The number of halogens is 1. The third-order valence-electron chi connectivity index (χ3n) is 4.17. The summed E-state index contributed by atoms with van der Waals surface area (Å²) >= 11 is 0. The molecular formula is C18H20FN3O3. The molecule has 3 rings (SSSR count). The van der Waals surface area contributed by atoms with Gasteiger partial charge in [-0.1, -0.05) is 0 Å². The quantitative estimate of drug-likeness (QED) is 0.724. The number of carbonyl (C=O) groups is 1. The van der Waals surface area contributed by atoms with Crippen molar-refractivity contribution >= 4 is 5.91 Å². The van der Waals surface area contributed by atoms with Crippen molar-refractivity contribution in [3.63, 3.8) is 0 Å². The lowest BCUT2D eigenvalue weighted by Crippen LogP contribution is -2.44. The van der Waals surface area contributed by atoms with Gasteiger partial charge in [0.1, 0.15) is 11.9 Å². The molecule has 1 aliphatic rings. The van der Waals surface area contributed by atoms with Gasteiger partial charge < -0.3 is 20.5 Å². The molecular weight excluding hydrogens is 325 g/mol. The Balaban J connectivity index is 1.46. The first-order chi connectivity index (χ1) is 12.1. The average molecular weight is 345 g/mol. The van der Waals surface area contributed by atoms with Gasteiger partial charge in [0.05, 0.1) is 18.8 Å². The van der Waals surface area contributed by atoms with Gasteiger partial charge in [0.2, 0.25) is 0 Å². The molecule has 1 saturated heterocycles. The minimum Gasteiger partial charge on any atom is -0.389 e. The standard InChI is InChI=1S/C18H20FN3O3/c19-14-3-1-13(2-4-14)18(24)22-10-16-17(23)15(11-25-16)21-9-12-5-7-20-8-6-12/h1-8,15-17,21,23H,9-11H2,(H,22,24). The lowest BCUT2D eigenvalue weighted by molar-refractivity contribution is 0.0398. The number of aliphatic hydroxyl groups is 1. The fourth-order valence-electron chi connectivity index (χ4n) is 2.69. The number of amides is 1. The highest BCUT2D eigenvalue weighted by Gasteiger charge is 2.35. The number of hydrogen-bond donors (Lipinski definition) is 3. The smallest absolute Gasteiger partial charge is 0.251 e. The molecule has 2 aromatic rings. The van der Waals surface area contributed by atoms with E-state index in [0.29, 0.717) is 18.7 Å². The van der Waals surface area contributed by atoms with Gasteiger partial charge >= 0.3 is 0 Å². The van der Waals surface area contributed by atoms with E-state index < -0.39 is 18.0 Å². The SMILES string of the molecule is O=C(NCC1OCC(NCc2ccncc2)C1O)c1ccc(F)cc1. The first kappa shape index (κ1) is 17.5. The predicted molar refractivity (Wildman–Crippen MR) is 89.3 cm³/mol. The zero-order valence-corrected chi connectivity index (χ0v) is 13.6. The second kappa shape index (κ2) is 8.15. The number of nitrogens with one attached hydrogen (secondary N) is 2. The minimum atomic E-state index is -0.727. The summed E-state index contributed by atoms with van der Waals surface area (Å²) in [7, 11) is 0. The number of hydrogen-bond acceptors (Lipinski definition) is 5. The lowest BCUT2D eigenvalue weighted by Gasteiger charge is -2.19. The maximum atomic E-state index is 12.9. The van der Waals surface area contributed by atoms with Crippen molar-refractivity contribution in [2.45, 2.75) is 24.8 Å². The maximum absolute atomic E-state index is 12.9. The number of nitrogens with zero attached hydrogens (tertiary/aromatic N) is 1. The van der Waals surface area contributed by atoms with Crippen molar-refractivity contribution in [2.75, 3.05) is 13.2 Å². The number of pyridine rings is 1. The number of carbonyl (C=O) groups excluding carboxylic acids is 1. The number of ether oxygens (including phenoxy) is 1. The van der Waals surface area contributed by atoms with Crippen molar-refractivity contribution < 1.29 is 19.0 Å². The number of rotatable bonds is 6. The van der Waals surface area contributed by atoms with Crippen molar-refractivity contribution in [2.24, 2.45) is 0 Å². The Bertz CT molecular complexity index is 696. The van der Waals surface area contributed by atoms with E-state index in [1.54, 1.807) is 12.4 Å². The van der Waals surface area contributed by atoms with E-state index in [1.807, 2.05) is 12.1 Å². The summed E-state index contributed by atoms with van der Waals surface area (Å²) < 4.78 is 18.4. The van der Waals surface area contributed by atoms with Crippen LogP contribution in [0.25, 0.3) is 0 Å². The third kappa shape index (κ3) is 4.60. The Labute approximate surface area is 145 Å². The average Bonchev–Trinajstić information content (AvgIpc) is 2.99. The van der Waals surface area contributed by atoms with Crippen LogP contribution in [0.1, 0.15) is 15.9 Å². The first-order valence-electron chi connectivity index (χ1n) is 8.09. The van der Waals surface area contributed by atoms with E-state index in [4.69, 9.17) is 4.74 Å². The lowest BCUT2D eigenvalue weighted by atomic mass is 10.1. The number of benzene rings is 1. The van der Waals surface area contributed by atoms with Gasteiger partial charge in [0.25, 0.3) is 5.91 Å². The normalized spacial score (nSPS) is 22.7. The molecule has 0 aliphatic carbocycles. The largest absolute Gasteiger partial charge is 0.389 e. The van der Waals surface area contributed by atoms with E-state index in [-0.39, 0.29) is 18.5 Å². The Morgan fingerprint density at radius 3 is 2.68 bits per heavy atom. The summed E-state index contributed by atoms with van der Waals surface area (Å²) in [5.74, 6) is -0.724. The minimum absolute atomic E-state index is 0.185. The fraction of sp³-hybridized carbons (Fsp3) is 0.333. The first-order valence-corrected chi connectivity index (χ1v) is 8.09. The molecule has 0 spiro atoms. The monoisotopic (exact) mass is 345 g/mol. The highest BCUT2D eigenvalue weighted by Crippen LogP contribution is 2.15. The highest BCUT2D eigenvalue weighted by atomic mass is 19.1. The highest BCUT2D eigenvalue weighted by molar-refractivity contribution is 5.94. The molecule has 3 atom stereocenters. The van der Waals surface area contributed by atoms with Crippen LogP contribution in [0.15, 0.2) is 48.8 Å². The fourth-order valence-corrected chi connectivity index (χ4v) is 2.69. The Morgan fingerprint density at radius 2 is 1.96 bits per heavy atom. The summed E-state index contributed by atoms with van der Waals surface area (Å²) in [5.41, 5.74) is 1.43. The van der Waals surface area contributed by atoms with Crippen molar-refractivity contribution in [3.8, 4) is 0 Å². The van der Waals surface area contributed by atoms with E-state index in [9.17, 15) is 14.3 Å². The van der Waals surface area contributed by atoms with Crippen molar-refractivity contribution in [1.82, 2.24) is 15.6 Å². The van der Waals surface area contributed by atoms with Gasteiger partial charge in [-0.2, -0.15) is 0 Å². The van der Waals surface area contributed by atoms with Crippen LogP contribution in [0.4, 0.5) is 4.39 Å². The molecule has 7 heteroatoms. The van der Waals surface area contributed by atoms with Crippen LogP contribution >= 0.6 is 0 Å². The summed E-state index contributed by atoms with van der Waals surface area (Å²) in [6.07, 6.45) is 2.22. The van der Waals surface area contributed by atoms with Gasteiger partial charge in [-0.05, 0) is 42.0 Å². The Hall–Kier alpha value is -2.35. The molecule has 0 radical (unpaired) electrons. The summed E-state index contributed by atoms with van der Waals surface area (Å²) in [4.78, 5) is 16.0. The summed E-state index contributed by atoms with van der Waals surface area (Å²) in [6, 6.07) is 8.88. The zero-order chi connectivity index (χ0) is 17.6. The number of aliphatic hydroxyl groups excluding tert-OH is 1. The van der Waals surface area contributed by atoms with Gasteiger partial charge in [-0.15, -0.1) is 0 Å². The molecule has 132 valence electrons. The Kier molecular flexibility index (Phi) is 5.70. The number of aromatic nitrogens is 1. The topological polar surface area (TPSA) is 83.5 Å². The van der Waals surface area contributed by atoms with E-state index in [1.165, 1.54) is 24.3 Å². The second-order valence-electron chi connectivity index (χ2n) is 5.92. The zero-order valence-electron chi connectivity index (χ0n) is 13.6. The van der Waals surface area contributed by atoms with Crippen LogP contribution in [0.5, 0.6) is 0 Å². The van der Waals surface area contributed by atoms with E-state index in [0.717, 1.165) is 5.56 Å². The van der Waals surface area contributed by atoms with E-state index in [2.05, 4.69) is 15.6 Å². The van der Waals surface area contributed by atoms with Crippen LogP contribution < -0.4 is 10.6 Å². The van der Waals surface area contributed by atoms with Gasteiger partial charge in [0.15, 0.2) is 0 Å². The molecule has 25 heavy (non-hydrogen) atoms. The molecule has 6 nitrogen and oxygen atoms in total. The van der Waals surface area contributed by atoms with Crippen molar-refractivity contribution in [3.05, 3.63) is 65.7 Å². The predicted octanol–water partition coefficient (Wildman–Crippen LogP) is 0.869. The summed E-state index contributed by atoms with van der Waals surface area (Å²) in [5, 5.41) is 16.3. The van der Waals surface area contributed by atoms with Crippen LogP contribution in [0, 0.1) is 5.82 Å². The third-order valence-corrected chi connectivity index (χ3v) is 4.17. The molecule has 1 aliphatic heterocycles. The molecule has 3 N–H and O–H groups in total.